The van der Waals surface area contributed by atoms with Crippen LogP contribution in [0.5, 0.6) is 0 Å². The van der Waals surface area contributed by atoms with Crippen molar-refractivity contribution in [1.29, 1.82) is 0 Å². The van der Waals surface area contributed by atoms with Crippen LogP contribution in [0.15, 0.2) is 18.2 Å². The highest BCUT2D eigenvalue weighted by Gasteiger charge is 2.17. The van der Waals surface area contributed by atoms with Crippen molar-refractivity contribution in [3.8, 4) is 0 Å². The second-order valence-electron chi connectivity index (χ2n) is 3.32. The summed E-state index contributed by atoms with van der Waals surface area (Å²) in [6.45, 7) is -0.296. The molecular formula is C9H11BF2N2O3. The molecule has 8 heteroatoms. The van der Waals surface area contributed by atoms with E-state index in [9.17, 15) is 13.6 Å². The van der Waals surface area contributed by atoms with Crippen molar-refractivity contribution in [3.05, 3.63) is 23.8 Å². The third-order valence-electron chi connectivity index (χ3n) is 2.00. The Bertz CT molecular complexity index is 389. The maximum absolute atomic E-state index is 12.5. The predicted molar refractivity (Wildman–Crippen MR) is 58.9 cm³/mol. The average molecular weight is 244 g/mol. The molecule has 0 heterocycles. The molecule has 5 N–H and O–H groups in total. The second-order valence-corrected chi connectivity index (χ2v) is 3.32. The molecule has 0 unspecified atom stereocenters. The number of carbonyl (C=O) groups is 1. The van der Waals surface area contributed by atoms with Gasteiger partial charge in [0.2, 0.25) is 5.91 Å². The lowest BCUT2D eigenvalue weighted by Gasteiger charge is -2.09. The molecule has 1 aromatic rings. The number of carbonyl (C=O) groups excluding carboxylic acids is 1. The zero-order valence-electron chi connectivity index (χ0n) is 8.73. The standard InChI is InChI=1S/C9H11BF2N2O3/c11-9(12)5-1-6(10(16)17)3-7(2-5)14-8(15)4-13/h1-3,9,16-17H,4,13H2,(H,14,15). The van der Waals surface area contributed by atoms with Crippen molar-refractivity contribution in [2.45, 2.75) is 6.43 Å². The van der Waals surface area contributed by atoms with Crippen LogP contribution in [0.3, 0.4) is 0 Å². The molecule has 0 aromatic heterocycles. The smallest absolute Gasteiger partial charge is 0.423 e. The highest BCUT2D eigenvalue weighted by Crippen LogP contribution is 2.21. The minimum absolute atomic E-state index is 0.0429. The summed E-state index contributed by atoms with van der Waals surface area (Å²) in [6, 6.07) is 3.18. The summed E-state index contributed by atoms with van der Waals surface area (Å²) >= 11 is 0. The Morgan fingerprint density at radius 3 is 2.53 bits per heavy atom. The van der Waals surface area contributed by atoms with E-state index in [2.05, 4.69) is 5.32 Å². The van der Waals surface area contributed by atoms with Crippen LogP contribution in [-0.4, -0.2) is 29.6 Å². The van der Waals surface area contributed by atoms with E-state index >= 15 is 0 Å². The Balaban J connectivity index is 3.08. The first kappa shape index (κ1) is 13.6. The van der Waals surface area contributed by atoms with Crippen LogP contribution in [0.4, 0.5) is 14.5 Å². The minimum Gasteiger partial charge on any atom is -0.423 e. The lowest BCUT2D eigenvalue weighted by Crippen LogP contribution is -2.31. The number of hydrogen-bond acceptors (Lipinski definition) is 4. The lowest BCUT2D eigenvalue weighted by molar-refractivity contribution is -0.114. The largest absolute Gasteiger partial charge is 0.488 e. The number of nitrogens with two attached hydrogens (primary N) is 1. The fourth-order valence-corrected chi connectivity index (χ4v) is 1.24. The summed E-state index contributed by atoms with van der Waals surface area (Å²) < 4.78 is 25.0. The zero-order chi connectivity index (χ0) is 13.0. The second kappa shape index (κ2) is 5.71. The van der Waals surface area contributed by atoms with Gasteiger partial charge in [-0.2, -0.15) is 0 Å². The topological polar surface area (TPSA) is 95.6 Å². The van der Waals surface area contributed by atoms with E-state index in [0.29, 0.717) is 0 Å². The molecule has 0 spiro atoms. The zero-order valence-corrected chi connectivity index (χ0v) is 8.73. The van der Waals surface area contributed by atoms with E-state index in [1.165, 1.54) is 6.07 Å². The van der Waals surface area contributed by atoms with Crippen molar-refractivity contribution in [1.82, 2.24) is 0 Å². The van der Waals surface area contributed by atoms with Gasteiger partial charge < -0.3 is 21.1 Å². The van der Waals surface area contributed by atoms with Crippen molar-refractivity contribution >= 4 is 24.2 Å². The Kier molecular flexibility index (Phi) is 4.56. The first-order valence-electron chi connectivity index (χ1n) is 4.73. The molecule has 17 heavy (non-hydrogen) atoms. The number of alkyl halides is 2. The van der Waals surface area contributed by atoms with Crippen molar-refractivity contribution in [3.63, 3.8) is 0 Å². The van der Waals surface area contributed by atoms with Gasteiger partial charge in [-0.3, -0.25) is 4.79 Å². The van der Waals surface area contributed by atoms with Crippen LogP contribution in [0.1, 0.15) is 12.0 Å². The quantitative estimate of drug-likeness (QED) is 0.521. The van der Waals surface area contributed by atoms with Gasteiger partial charge in [-0.15, -0.1) is 0 Å². The normalized spacial score (nSPS) is 10.5. The summed E-state index contributed by atoms with van der Waals surface area (Å²) in [5.74, 6) is -0.560. The van der Waals surface area contributed by atoms with Crippen LogP contribution in [0.25, 0.3) is 0 Å². The van der Waals surface area contributed by atoms with Gasteiger partial charge in [0.15, 0.2) is 0 Å². The molecule has 0 radical (unpaired) electrons. The van der Waals surface area contributed by atoms with Gasteiger partial charge in [-0.25, -0.2) is 8.78 Å². The summed E-state index contributed by atoms with van der Waals surface area (Å²) in [5.41, 5.74) is 4.56. The van der Waals surface area contributed by atoms with Gasteiger partial charge in [0.1, 0.15) is 0 Å². The van der Waals surface area contributed by atoms with E-state index in [-0.39, 0.29) is 17.7 Å². The van der Waals surface area contributed by atoms with E-state index in [0.717, 1.165) is 12.1 Å². The number of anilines is 1. The SMILES string of the molecule is NCC(=O)Nc1cc(B(O)O)cc(C(F)F)c1. The fourth-order valence-electron chi connectivity index (χ4n) is 1.24. The summed E-state index contributed by atoms with van der Waals surface area (Å²) in [6.07, 6.45) is -2.78. The first-order valence-corrected chi connectivity index (χ1v) is 4.73. The Hall–Kier alpha value is -1.51. The minimum atomic E-state index is -2.78. The molecule has 92 valence electrons. The van der Waals surface area contributed by atoms with Crippen molar-refractivity contribution in [2.75, 3.05) is 11.9 Å². The first-order chi connectivity index (χ1) is 7.93. The lowest BCUT2D eigenvalue weighted by atomic mass is 9.79. The maximum atomic E-state index is 12.5. The summed E-state index contributed by atoms with van der Waals surface area (Å²) in [4.78, 5) is 11.0. The monoisotopic (exact) mass is 244 g/mol. The van der Waals surface area contributed by atoms with E-state index in [4.69, 9.17) is 15.8 Å². The number of halogens is 2. The van der Waals surface area contributed by atoms with E-state index in [1.807, 2.05) is 0 Å². The molecule has 0 atom stereocenters. The molecular weight excluding hydrogens is 233 g/mol. The highest BCUT2D eigenvalue weighted by atomic mass is 19.3. The Labute approximate surface area is 96.4 Å². The summed E-state index contributed by atoms with van der Waals surface area (Å²) in [7, 11) is -1.89. The molecule has 0 saturated carbocycles. The number of nitrogens with one attached hydrogen (secondary N) is 1. The molecule has 1 amide bonds. The van der Waals surface area contributed by atoms with Gasteiger partial charge in [0.25, 0.3) is 6.43 Å². The maximum Gasteiger partial charge on any atom is 0.488 e. The molecule has 0 aliphatic carbocycles. The molecule has 0 saturated heterocycles. The van der Waals surface area contributed by atoms with E-state index in [1.54, 1.807) is 0 Å². The van der Waals surface area contributed by atoms with Crippen LogP contribution in [-0.2, 0) is 4.79 Å². The van der Waals surface area contributed by atoms with Gasteiger partial charge in [0, 0.05) is 11.3 Å². The van der Waals surface area contributed by atoms with Crippen LogP contribution in [0.2, 0.25) is 0 Å². The van der Waals surface area contributed by atoms with Gasteiger partial charge in [-0.05, 0) is 17.6 Å². The molecule has 0 fully saturated rings. The third kappa shape index (κ3) is 3.77. The van der Waals surface area contributed by atoms with Crippen LogP contribution in [0, 0.1) is 0 Å². The van der Waals surface area contributed by atoms with Crippen LogP contribution >= 0.6 is 0 Å². The third-order valence-corrected chi connectivity index (χ3v) is 2.00. The van der Waals surface area contributed by atoms with Gasteiger partial charge in [0.05, 0.1) is 6.54 Å². The molecule has 0 aliphatic heterocycles. The molecule has 5 nitrogen and oxygen atoms in total. The highest BCUT2D eigenvalue weighted by molar-refractivity contribution is 6.58. The molecule has 0 bridgehead atoms. The van der Waals surface area contributed by atoms with E-state index < -0.39 is 25.0 Å². The Morgan fingerprint density at radius 1 is 1.41 bits per heavy atom. The predicted octanol–water partition coefficient (Wildman–Crippen LogP) is -0.799. The number of hydrogen-bond donors (Lipinski definition) is 4. The van der Waals surface area contributed by atoms with Crippen molar-refractivity contribution < 1.29 is 23.6 Å². The number of rotatable bonds is 4. The van der Waals surface area contributed by atoms with Gasteiger partial charge in [-0.1, -0.05) is 6.07 Å². The average Bonchev–Trinajstić information content (AvgIpc) is 2.28. The Morgan fingerprint density at radius 2 is 2.06 bits per heavy atom. The molecule has 1 rings (SSSR count). The summed E-state index contributed by atoms with van der Waals surface area (Å²) in [5, 5.41) is 20.1. The number of amides is 1. The van der Waals surface area contributed by atoms with Gasteiger partial charge >= 0.3 is 7.12 Å². The molecule has 0 aliphatic rings. The van der Waals surface area contributed by atoms with Crippen molar-refractivity contribution in [2.24, 2.45) is 5.73 Å². The van der Waals surface area contributed by atoms with Crippen LogP contribution < -0.4 is 16.5 Å². The fraction of sp³-hybridized carbons (Fsp3) is 0.222. The molecule has 1 aromatic carbocycles. The number of benzene rings is 1.